The molecule has 0 aliphatic rings. The largest absolute Gasteiger partial charge is 0.393 e. The normalized spacial score (nSPS) is 12.6. The summed E-state index contributed by atoms with van der Waals surface area (Å²) in [5, 5.41) is 14.4. The van der Waals surface area contributed by atoms with Gasteiger partial charge in [0.25, 0.3) is 0 Å². The molecule has 1 aromatic heterocycles. The Morgan fingerprint density at radius 3 is 2.78 bits per heavy atom. The number of thioether (sulfide) groups is 1. The molecule has 2 rings (SSSR count). The lowest BCUT2D eigenvalue weighted by Crippen LogP contribution is -2.02. The molecule has 0 radical (unpaired) electrons. The van der Waals surface area contributed by atoms with Gasteiger partial charge in [-0.2, -0.15) is 0 Å². The average molecular weight is 319 g/mol. The molecule has 1 atom stereocenters. The number of hydrogen-bond acceptors (Lipinski definition) is 5. The second-order valence-electron chi connectivity index (χ2n) is 3.68. The number of aliphatic hydroxyl groups excluding tert-OH is 1. The summed E-state index contributed by atoms with van der Waals surface area (Å²) in [6.45, 7) is 1.75. The molecule has 0 spiro atoms. The van der Waals surface area contributed by atoms with Crippen LogP contribution < -0.4 is 0 Å². The molecular weight excluding hydrogens is 308 g/mol. The highest BCUT2D eigenvalue weighted by Crippen LogP contribution is 2.25. The van der Waals surface area contributed by atoms with Crippen LogP contribution in [0.1, 0.15) is 6.92 Å². The first-order chi connectivity index (χ1) is 8.56. The van der Waals surface area contributed by atoms with Crippen LogP contribution >= 0.6 is 46.9 Å². The SMILES string of the molecule is C[C@H](O)CSc1nn(-c2ccc(Cl)cc2)c(=S)s1. The quantitative estimate of drug-likeness (QED) is 0.687. The fourth-order valence-electron chi connectivity index (χ4n) is 1.26. The minimum absolute atomic E-state index is 0.351. The van der Waals surface area contributed by atoms with Gasteiger partial charge in [0.15, 0.2) is 8.29 Å². The van der Waals surface area contributed by atoms with E-state index in [4.69, 9.17) is 23.8 Å². The van der Waals surface area contributed by atoms with Crippen LogP contribution in [0.25, 0.3) is 5.69 Å². The Balaban J connectivity index is 2.24. The molecule has 0 fully saturated rings. The molecule has 2 aromatic rings. The number of hydrogen-bond donors (Lipinski definition) is 1. The van der Waals surface area contributed by atoms with Gasteiger partial charge >= 0.3 is 0 Å². The molecule has 0 unspecified atom stereocenters. The molecule has 7 heteroatoms. The van der Waals surface area contributed by atoms with Crippen molar-refractivity contribution in [1.29, 1.82) is 0 Å². The fraction of sp³-hybridized carbons (Fsp3) is 0.273. The summed E-state index contributed by atoms with van der Waals surface area (Å²) in [5.74, 6) is 0.614. The van der Waals surface area contributed by atoms with Crippen molar-refractivity contribution in [2.24, 2.45) is 0 Å². The summed E-state index contributed by atoms with van der Waals surface area (Å²) in [6.07, 6.45) is -0.351. The van der Waals surface area contributed by atoms with Crippen molar-refractivity contribution < 1.29 is 5.11 Å². The molecule has 3 nitrogen and oxygen atoms in total. The molecule has 1 aromatic carbocycles. The Morgan fingerprint density at radius 1 is 1.50 bits per heavy atom. The monoisotopic (exact) mass is 318 g/mol. The van der Waals surface area contributed by atoms with E-state index in [1.54, 1.807) is 23.7 Å². The number of aliphatic hydroxyl groups is 1. The lowest BCUT2D eigenvalue weighted by molar-refractivity contribution is 0.220. The van der Waals surface area contributed by atoms with Crippen LogP contribution in [0.4, 0.5) is 0 Å². The fourth-order valence-corrected chi connectivity index (χ4v) is 3.63. The summed E-state index contributed by atoms with van der Waals surface area (Å²) in [4.78, 5) is 0. The van der Waals surface area contributed by atoms with Crippen LogP contribution in [0.15, 0.2) is 28.6 Å². The van der Waals surface area contributed by atoms with Crippen LogP contribution in [0, 0.1) is 3.95 Å². The molecule has 0 amide bonds. The second-order valence-corrected chi connectivity index (χ2v) is 7.01. The van der Waals surface area contributed by atoms with Gasteiger partial charge in [-0.3, -0.25) is 0 Å². The van der Waals surface area contributed by atoms with Gasteiger partial charge in [0, 0.05) is 10.8 Å². The molecule has 0 saturated carbocycles. The van der Waals surface area contributed by atoms with Gasteiger partial charge in [-0.25, -0.2) is 4.68 Å². The van der Waals surface area contributed by atoms with Gasteiger partial charge in [0.05, 0.1) is 11.8 Å². The lowest BCUT2D eigenvalue weighted by Gasteiger charge is -2.01. The smallest absolute Gasteiger partial charge is 0.184 e. The minimum Gasteiger partial charge on any atom is -0.393 e. The topological polar surface area (TPSA) is 38.1 Å². The van der Waals surface area contributed by atoms with E-state index in [1.165, 1.54) is 23.1 Å². The first-order valence-corrected chi connectivity index (χ1v) is 7.82. The number of nitrogens with zero attached hydrogens (tertiary/aromatic N) is 2. The highest BCUT2D eigenvalue weighted by atomic mass is 35.5. The van der Waals surface area contributed by atoms with E-state index < -0.39 is 0 Å². The minimum atomic E-state index is -0.351. The third-order valence-electron chi connectivity index (χ3n) is 2.05. The number of halogens is 1. The predicted octanol–water partition coefficient (Wildman–Crippen LogP) is 3.79. The van der Waals surface area contributed by atoms with Crippen molar-refractivity contribution >= 4 is 46.9 Å². The summed E-state index contributed by atoms with van der Waals surface area (Å²) in [7, 11) is 0. The molecule has 0 bridgehead atoms. The van der Waals surface area contributed by atoms with Gasteiger partial charge in [0.2, 0.25) is 0 Å². The van der Waals surface area contributed by atoms with Crippen molar-refractivity contribution in [3.8, 4) is 5.69 Å². The Morgan fingerprint density at radius 2 is 2.17 bits per heavy atom. The molecule has 1 heterocycles. The standard InChI is InChI=1S/C11H11ClN2OS3/c1-7(15)6-17-10-13-14(11(16)18-10)9-4-2-8(12)3-5-9/h2-5,7,15H,6H2,1H3/t7-/m0/s1. The molecule has 1 N–H and O–H groups in total. The Labute approximate surface area is 123 Å². The highest BCUT2D eigenvalue weighted by Gasteiger charge is 2.07. The second kappa shape index (κ2) is 6.16. The maximum Gasteiger partial charge on any atom is 0.184 e. The van der Waals surface area contributed by atoms with E-state index in [0.717, 1.165) is 10.0 Å². The summed E-state index contributed by atoms with van der Waals surface area (Å²) >= 11 is 14.1. The first kappa shape index (κ1) is 14.0. The molecule has 0 aliphatic carbocycles. The van der Waals surface area contributed by atoms with Crippen molar-refractivity contribution in [3.05, 3.63) is 33.2 Å². The molecule has 0 saturated heterocycles. The maximum absolute atomic E-state index is 9.25. The van der Waals surface area contributed by atoms with Gasteiger partial charge in [0.1, 0.15) is 0 Å². The zero-order chi connectivity index (χ0) is 13.1. The lowest BCUT2D eigenvalue weighted by atomic mass is 10.3. The van der Waals surface area contributed by atoms with Gasteiger partial charge in [-0.1, -0.05) is 34.7 Å². The summed E-state index contributed by atoms with van der Waals surface area (Å²) < 4.78 is 3.25. The molecule has 96 valence electrons. The third-order valence-corrected chi connectivity index (χ3v) is 4.91. The molecule has 18 heavy (non-hydrogen) atoms. The highest BCUT2D eigenvalue weighted by molar-refractivity contribution is 8.01. The van der Waals surface area contributed by atoms with Crippen molar-refractivity contribution in [2.75, 3.05) is 5.75 Å². The van der Waals surface area contributed by atoms with Crippen LogP contribution in [0.2, 0.25) is 5.02 Å². The van der Waals surface area contributed by atoms with Crippen molar-refractivity contribution in [1.82, 2.24) is 9.78 Å². The van der Waals surface area contributed by atoms with E-state index in [0.29, 0.717) is 14.7 Å². The van der Waals surface area contributed by atoms with E-state index in [2.05, 4.69) is 5.10 Å². The number of benzene rings is 1. The van der Waals surface area contributed by atoms with Crippen LogP contribution in [0.5, 0.6) is 0 Å². The van der Waals surface area contributed by atoms with Crippen LogP contribution in [-0.2, 0) is 0 Å². The summed E-state index contributed by atoms with van der Waals surface area (Å²) in [6, 6.07) is 7.36. The molecule has 0 aliphatic heterocycles. The predicted molar refractivity (Wildman–Crippen MR) is 79.7 cm³/mol. The third kappa shape index (κ3) is 3.55. The Bertz CT molecular complexity index is 577. The van der Waals surface area contributed by atoms with E-state index in [-0.39, 0.29) is 6.10 Å². The Kier molecular flexibility index (Phi) is 4.80. The zero-order valence-corrected chi connectivity index (χ0v) is 12.7. The van der Waals surface area contributed by atoms with Crippen molar-refractivity contribution in [3.63, 3.8) is 0 Å². The summed E-state index contributed by atoms with van der Waals surface area (Å²) in [5.41, 5.74) is 0.893. The average Bonchev–Trinajstić information content (AvgIpc) is 2.69. The van der Waals surface area contributed by atoms with Gasteiger partial charge in [-0.05, 0) is 43.4 Å². The maximum atomic E-state index is 9.25. The zero-order valence-electron chi connectivity index (χ0n) is 9.54. The first-order valence-electron chi connectivity index (χ1n) is 5.23. The van der Waals surface area contributed by atoms with Gasteiger partial charge in [-0.15, -0.1) is 5.10 Å². The van der Waals surface area contributed by atoms with Gasteiger partial charge < -0.3 is 5.11 Å². The molecular formula is C11H11ClN2OS3. The van der Waals surface area contributed by atoms with Crippen LogP contribution in [0.3, 0.4) is 0 Å². The number of aromatic nitrogens is 2. The van der Waals surface area contributed by atoms with E-state index >= 15 is 0 Å². The van der Waals surface area contributed by atoms with Crippen molar-refractivity contribution in [2.45, 2.75) is 17.4 Å². The Hall–Kier alpha value is -0.400. The van der Waals surface area contributed by atoms with E-state index in [9.17, 15) is 5.11 Å². The van der Waals surface area contributed by atoms with Crippen LogP contribution in [-0.4, -0.2) is 26.7 Å². The van der Waals surface area contributed by atoms with E-state index in [1.807, 2.05) is 12.1 Å². The number of rotatable bonds is 4.